The highest BCUT2D eigenvalue weighted by molar-refractivity contribution is 5.73. The van der Waals surface area contributed by atoms with Crippen LogP contribution in [0.4, 0.5) is 0 Å². The fourth-order valence-electron chi connectivity index (χ4n) is 1.00. The van der Waals surface area contributed by atoms with Crippen molar-refractivity contribution in [2.75, 3.05) is 0 Å². The molecule has 0 aromatic heterocycles. The Morgan fingerprint density at radius 3 is 2.62 bits per heavy atom. The lowest BCUT2D eigenvalue weighted by molar-refractivity contribution is -0.138. The maximum atomic E-state index is 10.1. The summed E-state index contributed by atoms with van der Waals surface area (Å²) in [5, 5.41) is 8.35. The van der Waals surface area contributed by atoms with Crippen molar-refractivity contribution in [3.8, 4) is 0 Å². The van der Waals surface area contributed by atoms with Crippen LogP contribution in [0.5, 0.6) is 0 Å². The Balaban J connectivity index is 2.26. The van der Waals surface area contributed by atoms with Gasteiger partial charge in [-0.05, 0) is 12.3 Å². The largest absolute Gasteiger partial charge is 0.481 e. The molecular weight excluding hydrogens is 104 g/mol. The molecule has 1 fully saturated rings. The van der Waals surface area contributed by atoms with Gasteiger partial charge in [-0.25, -0.2) is 0 Å². The molecule has 2 nitrogen and oxygen atoms in total. The molecule has 1 rings (SSSR count). The predicted octanol–water partition coefficient (Wildman–Crippen LogP) is 1.12. The van der Waals surface area contributed by atoms with Gasteiger partial charge < -0.3 is 5.11 Å². The minimum absolute atomic E-state index is 0.000000000000000222. The highest BCUT2D eigenvalue weighted by Gasteiger charge is 2.41. The van der Waals surface area contributed by atoms with Gasteiger partial charge in [0.2, 0.25) is 0 Å². The third-order valence-corrected chi connectivity index (χ3v) is 1.76. The van der Waals surface area contributed by atoms with E-state index in [1.165, 1.54) is 0 Å². The average molecular weight is 114 g/mol. The SMILES string of the molecule is CC[C@H]1C[C@H]1C(=O)O. The monoisotopic (exact) mass is 114 g/mol. The summed E-state index contributed by atoms with van der Waals surface area (Å²) in [6.07, 6.45) is 1.93. The van der Waals surface area contributed by atoms with Crippen LogP contribution in [0.25, 0.3) is 0 Å². The van der Waals surface area contributed by atoms with Crippen LogP contribution < -0.4 is 0 Å². The molecule has 0 amide bonds. The fraction of sp³-hybridized carbons (Fsp3) is 0.833. The molecule has 1 N–H and O–H groups in total. The number of carboxylic acids is 1. The van der Waals surface area contributed by atoms with E-state index in [1.54, 1.807) is 0 Å². The van der Waals surface area contributed by atoms with Crippen molar-refractivity contribution in [2.45, 2.75) is 19.8 Å². The van der Waals surface area contributed by atoms with Crippen LogP contribution in [0.3, 0.4) is 0 Å². The van der Waals surface area contributed by atoms with Crippen LogP contribution in [-0.4, -0.2) is 11.1 Å². The number of rotatable bonds is 2. The third kappa shape index (κ3) is 0.831. The molecule has 0 radical (unpaired) electrons. The van der Waals surface area contributed by atoms with Gasteiger partial charge in [-0.2, -0.15) is 0 Å². The van der Waals surface area contributed by atoms with Crippen molar-refractivity contribution in [1.29, 1.82) is 0 Å². The first kappa shape index (κ1) is 5.60. The zero-order valence-electron chi connectivity index (χ0n) is 4.92. The van der Waals surface area contributed by atoms with E-state index < -0.39 is 5.97 Å². The van der Waals surface area contributed by atoms with E-state index in [1.807, 2.05) is 6.92 Å². The van der Waals surface area contributed by atoms with Crippen molar-refractivity contribution >= 4 is 5.97 Å². The van der Waals surface area contributed by atoms with Gasteiger partial charge in [0.25, 0.3) is 0 Å². The molecular formula is C6H10O2. The smallest absolute Gasteiger partial charge is 0.306 e. The Hall–Kier alpha value is -0.530. The van der Waals surface area contributed by atoms with E-state index in [9.17, 15) is 4.79 Å². The second-order valence-corrected chi connectivity index (χ2v) is 2.35. The van der Waals surface area contributed by atoms with Crippen molar-refractivity contribution in [3.05, 3.63) is 0 Å². The van der Waals surface area contributed by atoms with E-state index in [4.69, 9.17) is 5.11 Å². The summed E-state index contributed by atoms with van der Waals surface area (Å²) in [4.78, 5) is 10.1. The lowest BCUT2D eigenvalue weighted by atomic mass is 10.3. The molecule has 1 saturated carbocycles. The Labute approximate surface area is 48.5 Å². The molecule has 2 heteroatoms. The number of hydrogen-bond donors (Lipinski definition) is 1. The van der Waals surface area contributed by atoms with Gasteiger partial charge in [0.05, 0.1) is 5.92 Å². The first-order valence-electron chi connectivity index (χ1n) is 2.98. The summed E-state index contributed by atoms with van der Waals surface area (Å²) in [7, 11) is 0. The van der Waals surface area contributed by atoms with E-state index in [0.717, 1.165) is 12.8 Å². The van der Waals surface area contributed by atoms with Crippen molar-refractivity contribution in [3.63, 3.8) is 0 Å². The molecule has 2 atom stereocenters. The Kier molecular flexibility index (Phi) is 1.24. The summed E-state index contributed by atoms with van der Waals surface area (Å²) in [6, 6.07) is 0. The number of carboxylic acid groups (broad SMARTS) is 1. The van der Waals surface area contributed by atoms with Gasteiger partial charge in [-0.15, -0.1) is 0 Å². The van der Waals surface area contributed by atoms with Crippen LogP contribution in [0.15, 0.2) is 0 Å². The molecule has 0 saturated heterocycles. The standard InChI is InChI=1S/C6H10O2/c1-2-4-3-5(4)6(7)8/h4-5H,2-3H2,1H3,(H,7,8)/t4-,5+/m0/s1. The quantitative estimate of drug-likeness (QED) is 0.584. The first-order valence-corrected chi connectivity index (χ1v) is 2.98. The van der Waals surface area contributed by atoms with Crippen LogP contribution in [-0.2, 0) is 4.79 Å². The lowest BCUT2D eigenvalue weighted by Gasteiger charge is -1.84. The van der Waals surface area contributed by atoms with E-state index >= 15 is 0 Å². The maximum Gasteiger partial charge on any atom is 0.306 e. The molecule has 0 heterocycles. The Bertz CT molecular complexity index is 109. The zero-order valence-corrected chi connectivity index (χ0v) is 4.92. The molecule has 0 aromatic carbocycles. The second-order valence-electron chi connectivity index (χ2n) is 2.35. The molecule has 46 valence electrons. The molecule has 1 aliphatic carbocycles. The Morgan fingerprint density at radius 2 is 2.50 bits per heavy atom. The van der Waals surface area contributed by atoms with Crippen molar-refractivity contribution < 1.29 is 9.90 Å². The van der Waals surface area contributed by atoms with Crippen LogP contribution in [0.1, 0.15) is 19.8 Å². The first-order chi connectivity index (χ1) is 3.75. The highest BCUT2D eigenvalue weighted by Crippen LogP contribution is 2.40. The van der Waals surface area contributed by atoms with Gasteiger partial charge in [-0.3, -0.25) is 4.79 Å². The molecule has 8 heavy (non-hydrogen) atoms. The summed E-state index contributed by atoms with van der Waals surface area (Å²) in [5.41, 5.74) is 0. The molecule has 0 bridgehead atoms. The minimum atomic E-state index is -0.614. The van der Waals surface area contributed by atoms with Gasteiger partial charge >= 0.3 is 5.97 Å². The lowest BCUT2D eigenvalue weighted by Crippen LogP contribution is -1.98. The minimum Gasteiger partial charge on any atom is -0.481 e. The topological polar surface area (TPSA) is 37.3 Å². The fourth-order valence-corrected chi connectivity index (χ4v) is 1.00. The van der Waals surface area contributed by atoms with Crippen molar-refractivity contribution in [1.82, 2.24) is 0 Å². The van der Waals surface area contributed by atoms with Crippen molar-refractivity contribution in [2.24, 2.45) is 11.8 Å². The van der Waals surface area contributed by atoms with Gasteiger partial charge in [0, 0.05) is 0 Å². The second kappa shape index (κ2) is 1.77. The van der Waals surface area contributed by atoms with Crippen LogP contribution >= 0.6 is 0 Å². The maximum absolute atomic E-state index is 10.1. The van der Waals surface area contributed by atoms with Crippen LogP contribution in [0, 0.1) is 11.8 Å². The van der Waals surface area contributed by atoms with Gasteiger partial charge in [0.1, 0.15) is 0 Å². The number of carbonyl (C=O) groups is 1. The summed E-state index contributed by atoms with van der Waals surface area (Å²) < 4.78 is 0. The summed E-state index contributed by atoms with van der Waals surface area (Å²) in [5.74, 6) is -0.121. The summed E-state index contributed by atoms with van der Waals surface area (Å²) >= 11 is 0. The Morgan fingerprint density at radius 1 is 1.88 bits per heavy atom. The number of aliphatic carboxylic acids is 1. The average Bonchev–Trinajstić information content (AvgIpc) is 2.42. The predicted molar refractivity (Wildman–Crippen MR) is 29.5 cm³/mol. The van der Waals surface area contributed by atoms with E-state index in [2.05, 4.69) is 0 Å². The van der Waals surface area contributed by atoms with E-state index in [-0.39, 0.29) is 5.92 Å². The highest BCUT2D eigenvalue weighted by atomic mass is 16.4. The molecule has 0 aliphatic heterocycles. The third-order valence-electron chi connectivity index (χ3n) is 1.76. The van der Waals surface area contributed by atoms with Gasteiger partial charge in [0.15, 0.2) is 0 Å². The molecule has 0 aromatic rings. The molecule has 0 unspecified atom stereocenters. The van der Waals surface area contributed by atoms with Gasteiger partial charge in [-0.1, -0.05) is 13.3 Å². The molecule has 0 spiro atoms. The van der Waals surface area contributed by atoms with Crippen LogP contribution in [0.2, 0.25) is 0 Å². The summed E-state index contributed by atoms with van der Waals surface area (Å²) in [6.45, 7) is 2.04. The number of hydrogen-bond acceptors (Lipinski definition) is 1. The normalized spacial score (nSPS) is 34.6. The van der Waals surface area contributed by atoms with E-state index in [0.29, 0.717) is 5.92 Å². The zero-order chi connectivity index (χ0) is 6.15. The molecule has 1 aliphatic rings.